The Morgan fingerprint density at radius 2 is 1.89 bits per heavy atom. The van der Waals surface area contributed by atoms with E-state index < -0.39 is 0 Å². The van der Waals surface area contributed by atoms with E-state index in [9.17, 15) is 4.79 Å². The molecule has 4 rings (SSSR count). The molecule has 0 saturated carbocycles. The second kappa shape index (κ2) is 7.93. The van der Waals surface area contributed by atoms with Crippen LogP contribution in [-0.2, 0) is 4.79 Å². The minimum atomic E-state index is -0.0963. The molecule has 1 saturated heterocycles. The first-order chi connectivity index (χ1) is 13.6. The van der Waals surface area contributed by atoms with Crippen molar-refractivity contribution < 1.29 is 4.79 Å². The highest BCUT2D eigenvalue weighted by Gasteiger charge is 2.17. The molecule has 1 fully saturated rings. The molecule has 1 aliphatic heterocycles. The van der Waals surface area contributed by atoms with Gasteiger partial charge < -0.3 is 15.5 Å². The first-order valence-electron chi connectivity index (χ1n) is 9.61. The molecule has 28 heavy (non-hydrogen) atoms. The Bertz CT molecular complexity index is 958. The average molecular weight is 379 g/mol. The summed E-state index contributed by atoms with van der Waals surface area (Å²) in [7, 11) is 2.18. The summed E-state index contributed by atoms with van der Waals surface area (Å²) in [4.78, 5) is 18.3. The maximum Gasteiger partial charge on any atom is 0.221 e. The van der Waals surface area contributed by atoms with Crippen molar-refractivity contribution >= 4 is 28.6 Å². The molecule has 8 nitrogen and oxygen atoms in total. The zero-order chi connectivity index (χ0) is 19.5. The summed E-state index contributed by atoms with van der Waals surface area (Å²) in [5, 5.41) is 14.7. The predicted molar refractivity (Wildman–Crippen MR) is 110 cm³/mol. The summed E-state index contributed by atoms with van der Waals surface area (Å²) < 4.78 is 1.72. The molecule has 3 aromatic rings. The number of amides is 1. The van der Waals surface area contributed by atoms with Crippen molar-refractivity contribution in [2.75, 3.05) is 37.3 Å². The van der Waals surface area contributed by atoms with Gasteiger partial charge in [-0.05, 0) is 75.3 Å². The molecule has 3 heterocycles. The van der Waals surface area contributed by atoms with E-state index in [4.69, 9.17) is 4.98 Å². The van der Waals surface area contributed by atoms with Crippen LogP contribution in [0.2, 0.25) is 0 Å². The number of hydrogen-bond acceptors (Lipinski definition) is 6. The Hall–Kier alpha value is -3.00. The Labute approximate surface area is 163 Å². The van der Waals surface area contributed by atoms with E-state index in [1.807, 2.05) is 36.4 Å². The van der Waals surface area contributed by atoms with Crippen molar-refractivity contribution in [3.8, 4) is 5.69 Å². The van der Waals surface area contributed by atoms with Gasteiger partial charge in [0.1, 0.15) is 11.3 Å². The van der Waals surface area contributed by atoms with E-state index in [1.54, 1.807) is 4.68 Å². The zero-order valence-electron chi connectivity index (χ0n) is 16.2. The smallest absolute Gasteiger partial charge is 0.221 e. The molecule has 1 aliphatic rings. The van der Waals surface area contributed by atoms with Gasteiger partial charge in [0, 0.05) is 19.2 Å². The van der Waals surface area contributed by atoms with Crippen LogP contribution in [0.1, 0.15) is 19.8 Å². The fraction of sp³-hybridized carbons (Fsp3) is 0.400. The zero-order valence-corrected chi connectivity index (χ0v) is 16.2. The molecule has 1 aromatic carbocycles. The van der Waals surface area contributed by atoms with Gasteiger partial charge in [-0.25, -0.2) is 4.98 Å². The largest absolute Gasteiger partial charge is 0.370 e. The number of anilines is 2. The van der Waals surface area contributed by atoms with Gasteiger partial charge in [0.05, 0.1) is 5.69 Å². The van der Waals surface area contributed by atoms with E-state index in [2.05, 4.69) is 32.9 Å². The van der Waals surface area contributed by atoms with Gasteiger partial charge in [0.25, 0.3) is 0 Å². The second-order valence-electron chi connectivity index (χ2n) is 7.40. The lowest BCUT2D eigenvalue weighted by atomic mass is 9.97. The lowest BCUT2D eigenvalue weighted by molar-refractivity contribution is -0.114. The summed E-state index contributed by atoms with van der Waals surface area (Å²) in [5.41, 5.74) is 3.04. The van der Waals surface area contributed by atoms with Crippen LogP contribution in [0.25, 0.3) is 16.9 Å². The number of fused-ring (bicyclic) bond motifs is 1. The predicted octanol–water partition coefficient (Wildman–Crippen LogP) is 2.53. The van der Waals surface area contributed by atoms with Crippen LogP contribution in [0.4, 0.5) is 11.5 Å². The molecule has 2 aromatic heterocycles. The molecule has 0 aliphatic carbocycles. The monoisotopic (exact) mass is 379 g/mol. The number of nitrogens with zero attached hydrogens (tertiary/aromatic N) is 5. The summed E-state index contributed by atoms with van der Waals surface area (Å²) in [6, 6.07) is 11.4. The minimum absolute atomic E-state index is 0.0963. The molecular formula is C20H25N7O. The topological polar surface area (TPSA) is 88.0 Å². The van der Waals surface area contributed by atoms with Crippen molar-refractivity contribution in [2.24, 2.45) is 5.92 Å². The summed E-state index contributed by atoms with van der Waals surface area (Å²) in [6.07, 6.45) is 2.43. The highest BCUT2D eigenvalue weighted by Crippen LogP contribution is 2.20. The summed E-state index contributed by atoms with van der Waals surface area (Å²) in [6.45, 7) is 4.73. The molecule has 0 radical (unpaired) electrons. The van der Waals surface area contributed by atoms with Crippen molar-refractivity contribution in [3.63, 3.8) is 0 Å². The molecule has 0 unspecified atom stereocenters. The van der Waals surface area contributed by atoms with E-state index in [0.717, 1.165) is 42.3 Å². The Balaban J connectivity index is 1.50. The third-order valence-electron chi connectivity index (χ3n) is 5.14. The van der Waals surface area contributed by atoms with Crippen molar-refractivity contribution in [3.05, 3.63) is 36.4 Å². The maximum absolute atomic E-state index is 11.2. The molecule has 0 atom stereocenters. The summed E-state index contributed by atoms with van der Waals surface area (Å²) in [5.74, 6) is 1.42. The van der Waals surface area contributed by atoms with Crippen LogP contribution in [0.3, 0.4) is 0 Å². The van der Waals surface area contributed by atoms with E-state index in [0.29, 0.717) is 11.6 Å². The van der Waals surface area contributed by atoms with Gasteiger partial charge >= 0.3 is 0 Å². The Morgan fingerprint density at radius 3 is 2.61 bits per heavy atom. The van der Waals surface area contributed by atoms with Crippen LogP contribution in [0.15, 0.2) is 36.4 Å². The first-order valence-corrected chi connectivity index (χ1v) is 9.61. The highest BCUT2D eigenvalue weighted by molar-refractivity contribution is 5.88. The Morgan fingerprint density at radius 1 is 1.14 bits per heavy atom. The molecule has 2 N–H and O–H groups in total. The first kappa shape index (κ1) is 18.4. The maximum atomic E-state index is 11.2. The van der Waals surface area contributed by atoms with Gasteiger partial charge in [0.15, 0.2) is 5.65 Å². The third kappa shape index (κ3) is 4.12. The SMILES string of the molecule is CC(=O)Nc1ccc(-n2nnc3ccc(NCC4CCN(C)CC4)nc32)cc1. The fourth-order valence-corrected chi connectivity index (χ4v) is 3.49. The lowest BCUT2D eigenvalue weighted by Gasteiger charge is -2.29. The number of piperidine rings is 1. The number of pyridine rings is 1. The Kier molecular flexibility index (Phi) is 5.21. The number of likely N-dealkylation sites (tertiary alicyclic amines) is 1. The van der Waals surface area contributed by atoms with Gasteiger partial charge in [-0.3, -0.25) is 4.79 Å². The van der Waals surface area contributed by atoms with Crippen LogP contribution < -0.4 is 10.6 Å². The number of aromatic nitrogens is 4. The second-order valence-corrected chi connectivity index (χ2v) is 7.40. The third-order valence-corrected chi connectivity index (χ3v) is 5.14. The number of hydrogen-bond donors (Lipinski definition) is 2. The quantitative estimate of drug-likeness (QED) is 0.708. The molecular weight excluding hydrogens is 354 g/mol. The van der Waals surface area contributed by atoms with Crippen molar-refractivity contribution in [1.82, 2.24) is 24.9 Å². The standard InChI is InChI=1S/C20H25N7O/c1-14(28)22-16-3-5-17(6-4-16)27-20-18(24-25-27)7-8-19(23-20)21-13-15-9-11-26(2)12-10-15/h3-8,15H,9-13H2,1-2H3,(H,21,23)(H,22,28). The van der Waals surface area contributed by atoms with E-state index in [1.165, 1.54) is 19.8 Å². The van der Waals surface area contributed by atoms with Crippen LogP contribution in [0, 0.1) is 5.92 Å². The normalized spacial score (nSPS) is 15.6. The molecule has 0 bridgehead atoms. The highest BCUT2D eigenvalue weighted by atomic mass is 16.1. The number of rotatable bonds is 5. The number of benzene rings is 1. The van der Waals surface area contributed by atoms with E-state index in [-0.39, 0.29) is 5.91 Å². The minimum Gasteiger partial charge on any atom is -0.370 e. The van der Waals surface area contributed by atoms with E-state index >= 15 is 0 Å². The van der Waals surface area contributed by atoms with Crippen LogP contribution >= 0.6 is 0 Å². The average Bonchev–Trinajstić information content (AvgIpc) is 3.11. The number of carbonyl (C=O) groups excluding carboxylic acids is 1. The molecule has 8 heteroatoms. The fourth-order valence-electron chi connectivity index (χ4n) is 3.49. The van der Waals surface area contributed by atoms with Gasteiger partial charge in [-0.15, -0.1) is 5.10 Å². The number of carbonyl (C=O) groups is 1. The molecule has 0 spiro atoms. The van der Waals surface area contributed by atoms with Crippen molar-refractivity contribution in [2.45, 2.75) is 19.8 Å². The van der Waals surface area contributed by atoms with Crippen LogP contribution in [0.5, 0.6) is 0 Å². The molecule has 1 amide bonds. The summed E-state index contributed by atoms with van der Waals surface area (Å²) >= 11 is 0. The number of nitrogens with one attached hydrogen (secondary N) is 2. The van der Waals surface area contributed by atoms with Gasteiger partial charge in [-0.1, -0.05) is 5.21 Å². The van der Waals surface area contributed by atoms with Crippen molar-refractivity contribution in [1.29, 1.82) is 0 Å². The van der Waals surface area contributed by atoms with Crippen LogP contribution in [-0.4, -0.2) is 57.5 Å². The lowest BCUT2D eigenvalue weighted by Crippen LogP contribution is -2.33. The molecule has 146 valence electrons. The van der Waals surface area contributed by atoms with Gasteiger partial charge in [0.2, 0.25) is 5.91 Å². The van der Waals surface area contributed by atoms with Gasteiger partial charge in [-0.2, -0.15) is 4.68 Å².